The van der Waals surface area contributed by atoms with Crippen LogP contribution in [0, 0.1) is 18.6 Å². The Balaban J connectivity index is 2.37. The van der Waals surface area contributed by atoms with Gasteiger partial charge in [-0.3, -0.25) is 0 Å². The number of aromatic carboxylic acids is 1. The second-order valence-corrected chi connectivity index (χ2v) is 6.32. The van der Waals surface area contributed by atoms with Gasteiger partial charge in [0.2, 0.25) is 5.76 Å². The van der Waals surface area contributed by atoms with Gasteiger partial charge in [-0.05, 0) is 31.2 Å². The van der Waals surface area contributed by atoms with Crippen LogP contribution in [0.1, 0.15) is 21.9 Å². The van der Waals surface area contributed by atoms with E-state index in [1.54, 1.807) is 0 Å². The maximum absolute atomic E-state index is 13.1. The maximum atomic E-state index is 13.1. The van der Waals surface area contributed by atoms with Crippen LogP contribution in [0.25, 0.3) is 0 Å². The van der Waals surface area contributed by atoms with Crippen LogP contribution in [-0.4, -0.2) is 19.5 Å². The van der Waals surface area contributed by atoms with Crippen molar-refractivity contribution in [1.29, 1.82) is 0 Å². The SMILES string of the molecule is Cc1oc(C(=O)O)cc1CS(=O)(=O)c1ccc(F)c(F)c1. The van der Waals surface area contributed by atoms with Crippen LogP contribution in [0.2, 0.25) is 0 Å². The zero-order valence-electron chi connectivity index (χ0n) is 10.8. The predicted octanol–water partition coefficient (Wildman–Crippen LogP) is 2.54. The van der Waals surface area contributed by atoms with Crippen molar-refractivity contribution < 1.29 is 31.5 Å². The summed E-state index contributed by atoms with van der Waals surface area (Å²) in [4.78, 5) is 10.4. The van der Waals surface area contributed by atoms with Crippen molar-refractivity contribution in [1.82, 2.24) is 0 Å². The summed E-state index contributed by atoms with van der Waals surface area (Å²) < 4.78 is 55.1. The molecule has 8 heteroatoms. The number of benzene rings is 1. The lowest BCUT2D eigenvalue weighted by molar-refractivity contribution is 0.0661. The monoisotopic (exact) mass is 316 g/mol. The molecule has 0 unspecified atom stereocenters. The fourth-order valence-electron chi connectivity index (χ4n) is 1.73. The minimum atomic E-state index is -3.95. The molecule has 2 aromatic rings. The first-order valence-electron chi connectivity index (χ1n) is 5.71. The summed E-state index contributed by atoms with van der Waals surface area (Å²) in [5, 5.41) is 8.77. The molecule has 1 heterocycles. The Bertz CT molecular complexity index is 808. The minimum absolute atomic E-state index is 0.138. The Hall–Kier alpha value is -2.22. The molecule has 0 amide bonds. The van der Waals surface area contributed by atoms with Gasteiger partial charge >= 0.3 is 5.97 Å². The highest BCUT2D eigenvalue weighted by Crippen LogP contribution is 2.22. The van der Waals surface area contributed by atoms with Crippen LogP contribution in [0.3, 0.4) is 0 Å². The Morgan fingerprint density at radius 3 is 2.43 bits per heavy atom. The quantitative estimate of drug-likeness (QED) is 0.876. The van der Waals surface area contributed by atoms with Gasteiger partial charge in [-0.25, -0.2) is 22.0 Å². The van der Waals surface area contributed by atoms with Crippen molar-refractivity contribution in [2.75, 3.05) is 0 Å². The summed E-state index contributed by atoms with van der Waals surface area (Å²) in [6.07, 6.45) is 0. The number of rotatable bonds is 4. The fraction of sp³-hybridized carbons (Fsp3) is 0.154. The van der Waals surface area contributed by atoms with E-state index < -0.39 is 33.2 Å². The maximum Gasteiger partial charge on any atom is 0.371 e. The molecule has 1 aromatic carbocycles. The van der Waals surface area contributed by atoms with E-state index in [0.29, 0.717) is 12.1 Å². The first kappa shape index (κ1) is 15.2. The van der Waals surface area contributed by atoms with Crippen LogP contribution < -0.4 is 0 Å². The first-order valence-corrected chi connectivity index (χ1v) is 7.36. The number of carboxylic acid groups (broad SMARTS) is 1. The number of halogens is 2. The molecule has 21 heavy (non-hydrogen) atoms. The lowest BCUT2D eigenvalue weighted by Crippen LogP contribution is -2.06. The van der Waals surface area contributed by atoms with Gasteiger partial charge in [0.05, 0.1) is 10.6 Å². The third kappa shape index (κ3) is 3.10. The average Bonchev–Trinajstić information content (AvgIpc) is 2.74. The van der Waals surface area contributed by atoms with Crippen LogP contribution >= 0.6 is 0 Å². The summed E-state index contributed by atoms with van der Waals surface area (Å²) in [7, 11) is -3.95. The van der Waals surface area contributed by atoms with Gasteiger partial charge in [0.15, 0.2) is 21.5 Å². The van der Waals surface area contributed by atoms with Gasteiger partial charge in [-0.1, -0.05) is 0 Å². The molecule has 0 saturated carbocycles. The highest BCUT2D eigenvalue weighted by Gasteiger charge is 2.22. The predicted molar refractivity (Wildman–Crippen MR) is 67.7 cm³/mol. The third-order valence-corrected chi connectivity index (χ3v) is 4.49. The average molecular weight is 316 g/mol. The number of aryl methyl sites for hydroxylation is 1. The summed E-state index contributed by atoms with van der Waals surface area (Å²) in [6, 6.07) is 3.33. The molecule has 0 saturated heterocycles. The molecule has 0 atom stereocenters. The number of carboxylic acids is 1. The van der Waals surface area contributed by atoms with Crippen LogP contribution in [0.4, 0.5) is 8.78 Å². The zero-order chi connectivity index (χ0) is 15.8. The van der Waals surface area contributed by atoms with Gasteiger partial charge in [0.25, 0.3) is 0 Å². The molecule has 5 nitrogen and oxygen atoms in total. The van der Waals surface area contributed by atoms with E-state index in [2.05, 4.69) is 0 Å². The molecule has 1 N–H and O–H groups in total. The van der Waals surface area contributed by atoms with E-state index >= 15 is 0 Å². The number of hydrogen-bond donors (Lipinski definition) is 1. The number of carbonyl (C=O) groups is 1. The molecule has 0 spiro atoms. The summed E-state index contributed by atoms with van der Waals surface area (Å²) in [6.45, 7) is 1.42. The first-order chi connectivity index (χ1) is 9.70. The van der Waals surface area contributed by atoms with Crippen molar-refractivity contribution in [3.05, 3.63) is 53.0 Å². The van der Waals surface area contributed by atoms with Gasteiger partial charge in [0.1, 0.15) is 5.76 Å². The second-order valence-electron chi connectivity index (χ2n) is 4.33. The summed E-state index contributed by atoms with van der Waals surface area (Å²) >= 11 is 0. The van der Waals surface area contributed by atoms with Gasteiger partial charge < -0.3 is 9.52 Å². The molecule has 0 aliphatic rings. The number of furan rings is 1. The Labute approximate surface area is 118 Å². The summed E-state index contributed by atoms with van der Waals surface area (Å²) in [5.41, 5.74) is 0.150. The fourth-order valence-corrected chi connectivity index (χ4v) is 3.15. The zero-order valence-corrected chi connectivity index (χ0v) is 11.6. The summed E-state index contributed by atoms with van der Waals surface area (Å²) in [5.74, 6) is -4.57. The van der Waals surface area contributed by atoms with Gasteiger partial charge in [-0.2, -0.15) is 0 Å². The van der Waals surface area contributed by atoms with Crippen LogP contribution in [0.5, 0.6) is 0 Å². The molecule has 112 valence electrons. The van der Waals surface area contributed by atoms with Crippen molar-refractivity contribution in [3.63, 3.8) is 0 Å². The highest BCUT2D eigenvalue weighted by atomic mass is 32.2. The van der Waals surface area contributed by atoms with E-state index in [-0.39, 0.29) is 22.0 Å². The largest absolute Gasteiger partial charge is 0.475 e. The minimum Gasteiger partial charge on any atom is -0.475 e. The van der Waals surface area contributed by atoms with Crippen molar-refractivity contribution in [2.45, 2.75) is 17.6 Å². The third-order valence-electron chi connectivity index (χ3n) is 2.83. The van der Waals surface area contributed by atoms with Crippen molar-refractivity contribution >= 4 is 15.8 Å². The molecule has 1 aromatic heterocycles. The van der Waals surface area contributed by atoms with Gasteiger partial charge in [0, 0.05) is 5.56 Å². The van der Waals surface area contributed by atoms with E-state index in [4.69, 9.17) is 9.52 Å². The Morgan fingerprint density at radius 2 is 1.90 bits per heavy atom. The standard InChI is InChI=1S/C13H10F2O5S/c1-7-8(4-12(20-7)13(16)17)6-21(18,19)9-2-3-10(14)11(15)5-9/h2-5H,6H2,1H3,(H,16,17). The van der Waals surface area contributed by atoms with Gasteiger partial charge in [-0.15, -0.1) is 0 Å². The molecule has 0 fully saturated rings. The molecular formula is C13H10F2O5S. The molecular weight excluding hydrogens is 306 g/mol. The van der Waals surface area contributed by atoms with Crippen molar-refractivity contribution in [2.24, 2.45) is 0 Å². The molecule has 0 aliphatic heterocycles. The lowest BCUT2D eigenvalue weighted by atomic mass is 10.3. The molecule has 0 radical (unpaired) electrons. The smallest absolute Gasteiger partial charge is 0.371 e. The van der Waals surface area contributed by atoms with E-state index in [1.165, 1.54) is 6.92 Å². The van der Waals surface area contributed by atoms with Crippen LogP contribution in [-0.2, 0) is 15.6 Å². The lowest BCUT2D eigenvalue weighted by Gasteiger charge is -2.04. The molecule has 2 rings (SSSR count). The molecule has 0 aliphatic carbocycles. The van der Waals surface area contributed by atoms with Crippen LogP contribution in [0.15, 0.2) is 33.6 Å². The topological polar surface area (TPSA) is 84.6 Å². The Morgan fingerprint density at radius 1 is 1.24 bits per heavy atom. The van der Waals surface area contributed by atoms with E-state index in [1.807, 2.05) is 0 Å². The van der Waals surface area contributed by atoms with Crippen molar-refractivity contribution in [3.8, 4) is 0 Å². The highest BCUT2D eigenvalue weighted by molar-refractivity contribution is 7.90. The normalized spacial score (nSPS) is 11.6. The van der Waals surface area contributed by atoms with E-state index in [9.17, 15) is 22.0 Å². The molecule has 0 bridgehead atoms. The second kappa shape index (κ2) is 5.28. The number of sulfone groups is 1. The Kier molecular flexibility index (Phi) is 3.82. The van der Waals surface area contributed by atoms with E-state index in [0.717, 1.165) is 12.1 Å². The number of hydrogen-bond acceptors (Lipinski definition) is 4.